The average Bonchev–Trinajstić information content (AvgIpc) is 2.80. The molecular formula is C26H29N2O2+. The van der Waals surface area contributed by atoms with Gasteiger partial charge in [0.05, 0.1) is 26.2 Å². The van der Waals surface area contributed by atoms with E-state index in [1.54, 1.807) is 0 Å². The molecule has 1 saturated heterocycles. The maximum absolute atomic E-state index is 12.7. The average molecular weight is 402 g/mol. The molecule has 4 rings (SSSR count). The monoisotopic (exact) mass is 401 g/mol. The van der Waals surface area contributed by atoms with Gasteiger partial charge < -0.3 is 14.5 Å². The van der Waals surface area contributed by atoms with Gasteiger partial charge in [-0.3, -0.25) is 4.79 Å². The predicted octanol–water partition coefficient (Wildman–Crippen LogP) is 2.89. The van der Waals surface area contributed by atoms with Crippen LogP contribution >= 0.6 is 0 Å². The summed E-state index contributed by atoms with van der Waals surface area (Å²) in [6.07, 6.45) is 0. The number of nitrogens with zero attached hydrogens (tertiary/aromatic N) is 1. The van der Waals surface area contributed by atoms with E-state index < -0.39 is 0 Å². The molecular weight excluding hydrogens is 372 g/mol. The Kier molecular flexibility index (Phi) is 6.45. The van der Waals surface area contributed by atoms with E-state index in [0.29, 0.717) is 0 Å². The fourth-order valence-corrected chi connectivity index (χ4v) is 4.23. The van der Waals surface area contributed by atoms with E-state index in [1.807, 2.05) is 36.1 Å². The van der Waals surface area contributed by atoms with Crippen molar-refractivity contribution in [3.63, 3.8) is 0 Å². The smallest absolute Gasteiger partial charge is 0.260 e. The van der Waals surface area contributed by atoms with Crippen LogP contribution in [0.2, 0.25) is 0 Å². The zero-order chi connectivity index (χ0) is 20.8. The molecule has 0 saturated carbocycles. The van der Waals surface area contributed by atoms with E-state index in [2.05, 4.69) is 60.7 Å². The number of hydrogen-bond donors (Lipinski definition) is 1. The normalized spacial score (nSPS) is 14.7. The molecule has 1 aliphatic rings. The molecule has 0 bridgehead atoms. The number of carbonyl (C=O) groups is 1. The predicted molar refractivity (Wildman–Crippen MR) is 119 cm³/mol. The lowest BCUT2D eigenvalue weighted by atomic mass is 9.96. The summed E-state index contributed by atoms with van der Waals surface area (Å²) < 4.78 is 5.72. The van der Waals surface area contributed by atoms with Crippen molar-refractivity contribution in [1.82, 2.24) is 4.90 Å². The number of carbonyl (C=O) groups excluding carboxylic acids is 1. The van der Waals surface area contributed by atoms with Crippen LogP contribution in [0, 0.1) is 6.92 Å². The summed E-state index contributed by atoms with van der Waals surface area (Å²) in [5, 5.41) is 0. The number of amides is 1. The van der Waals surface area contributed by atoms with E-state index in [1.165, 1.54) is 16.0 Å². The van der Waals surface area contributed by atoms with Crippen LogP contribution in [-0.4, -0.2) is 43.6 Å². The topological polar surface area (TPSA) is 34.0 Å². The SMILES string of the molecule is Cc1cccc(OCC(=O)N2CC[NH+](C(c3ccccc3)c3ccccc3)CC2)c1. The summed E-state index contributed by atoms with van der Waals surface area (Å²) >= 11 is 0. The highest BCUT2D eigenvalue weighted by atomic mass is 16.5. The Morgan fingerprint density at radius 1 is 0.900 bits per heavy atom. The molecule has 0 aliphatic carbocycles. The standard InChI is InChI=1S/C26H28N2O2/c1-21-9-8-14-24(19-21)30-20-25(29)27-15-17-28(18-16-27)26(22-10-4-2-5-11-22)23-12-6-3-7-13-23/h2-14,19,26H,15-18,20H2,1H3/p+1. The fourth-order valence-electron chi connectivity index (χ4n) is 4.23. The van der Waals surface area contributed by atoms with Crippen molar-refractivity contribution in [2.24, 2.45) is 0 Å². The second-order valence-corrected chi connectivity index (χ2v) is 7.90. The van der Waals surface area contributed by atoms with Gasteiger partial charge in [0.15, 0.2) is 6.61 Å². The summed E-state index contributed by atoms with van der Waals surface area (Å²) in [5.74, 6) is 0.812. The largest absolute Gasteiger partial charge is 0.484 e. The third-order valence-electron chi connectivity index (χ3n) is 5.78. The number of hydrogen-bond acceptors (Lipinski definition) is 2. The van der Waals surface area contributed by atoms with Crippen LogP contribution in [0.25, 0.3) is 0 Å². The van der Waals surface area contributed by atoms with Crippen molar-refractivity contribution in [3.05, 3.63) is 102 Å². The fraction of sp³-hybridized carbons (Fsp3) is 0.269. The minimum Gasteiger partial charge on any atom is -0.484 e. The van der Waals surface area contributed by atoms with Crippen LogP contribution in [0.4, 0.5) is 0 Å². The zero-order valence-electron chi connectivity index (χ0n) is 17.5. The van der Waals surface area contributed by atoms with Crippen LogP contribution in [-0.2, 0) is 4.79 Å². The van der Waals surface area contributed by atoms with Gasteiger partial charge >= 0.3 is 0 Å². The minimum absolute atomic E-state index is 0.0616. The van der Waals surface area contributed by atoms with E-state index in [4.69, 9.17) is 4.74 Å². The zero-order valence-corrected chi connectivity index (χ0v) is 17.5. The summed E-state index contributed by atoms with van der Waals surface area (Å²) in [7, 11) is 0. The highest BCUT2D eigenvalue weighted by molar-refractivity contribution is 5.77. The third-order valence-corrected chi connectivity index (χ3v) is 5.78. The van der Waals surface area contributed by atoms with Gasteiger partial charge in [-0.1, -0.05) is 72.8 Å². The molecule has 154 valence electrons. The minimum atomic E-state index is 0.0616. The molecule has 1 fully saturated rings. The van der Waals surface area contributed by atoms with E-state index in [0.717, 1.165) is 37.5 Å². The Labute approximate surface area is 178 Å². The number of piperazine rings is 1. The molecule has 4 heteroatoms. The van der Waals surface area contributed by atoms with Crippen molar-refractivity contribution in [2.45, 2.75) is 13.0 Å². The number of quaternary nitrogens is 1. The molecule has 0 spiro atoms. The molecule has 0 radical (unpaired) electrons. The van der Waals surface area contributed by atoms with Gasteiger partial charge in [-0.25, -0.2) is 0 Å². The van der Waals surface area contributed by atoms with Gasteiger partial charge in [-0.15, -0.1) is 0 Å². The van der Waals surface area contributed by atoms with Crippen LogP contribution in [0.15, 0.2) is 84.9 Å². The maximum atomic E-state index is 12.7. The second kappa shape index (κ2) is 9.59. The lowest BCUT2D eigenvalue weighted by molar-refractivity contribution is -0.929. The van der Waals surface area contributed by atoms with Crippen molar-refractivity contribution >= 4 is 5.91 Å². The first-order chi connectivity index (χ1) is 14.7. The van der Waals surface area contributed by atoms with Crippen molar-refractivity contribution in [1.29, 1.82) is 0 Å². The summed E-state index contributed by atoms with van der Waals surface area (Å²) in [6, 6.07) is 29.5. The molecule has 1 amide bonds. The van der Waals surface area contributed by atoms with Gasteiger partial charge in [-0.2, -0.15) is 0 Å². The van der Waals surface area contributed by atoms with Gasteiger partial charge in [0.1, 0.15) is 11.8 Å². The number of rotatable bonds is 6. The highest BCUT2D eigenvalue weighted by Gasteiger charge is 2.31. The molecule has 30 heavy (non-hydrogen) atoms. The van der Waals surface area contributed by atoms with Gasteiger partial charge in [-0.05, 0) is 24.6 Å². The number of nitrogens with one attached hydrogen (secondary N) is 1. The first kappa shape index (κ1) is 20.2. The molecule has 1 aliphatic heterocycles. The second-order valence-electron chi connectivity index (χ2n) is 7.90. The molecule has 0 aromatic heterocycles. The third kappa shape index (κ3) is 4.89. The van der Waals surface area contributed by atoms with E-state index in [-0.39, 0.29) is 18.6 Å². The molecule has 0 unspecified atom stereocenters. The Bertz CT molecular complexity index is 912. The van der Waals surface area contributed by atoms with E-state index >= 15 is 0 Å². The van der Waals surface area contributed by atoms with Crippen LogP contribution < -0.4 is 9.64 Å². The first-order valence-corrected chi connectivity index (χ1v) is 10.6. The lowest BCUT2D eigenvalue weighted by Gasteiger charge is -2.37. The van der Waals surface area contributed by atoms with E-state index in [9.17, 15) is 4.79 Å². The summed E-state index contributed by atoms with van der Waals surface area (Å²) in [6.45, 7) is 5.46. The van der Waals surface area contributed by atoms with Gasteiger partial charge in [0.25, 0.3) is 5.91 Å². The molecule has 3 aromatic carbocycles. The summed E-state index contributed by atoms with van der Waals surface area (Å²) in [5.41, 5.74) is 3.77. The molecule has 0 atom stereocenters. The maximum Gasteiger partial charge on any atom is 0.260 e. The quantitative estimate of drug-likeness (QED) is 0.689. The van der Waals surface area contributed by atoms with Gasteiger partial charge in [0.2, 0.25) is 0 Å². The Balaban J connectivity index is 1.39. The van der Waals surface area contributed by atoms with Crippen LogP contribution in [0.3, 0.4) is 0 Å². The Morgan fingerprint density at radius 3 is 2.07 bits per heavy atom. The highest BCUT2D eigenvalue weighted by Crippen LogP contribution is 2.19. The molecule has 3 aromatic rings. The summed E-state index contributed by atoms with van der Waals surface area (Å²) in [4.78, 5) is 16.1. The van der Waals surface area contributed by atoms with Crippen molar-refractivity contribution in [3.8, 4) is 5.75 Å². The van der Waals surface area contributed by atoms with Crippen LogP contribution in [0.5, 0.6) is 5.75 Å². The molecule has 1 N–H and O–H groups in total. The van der Waals surface area contributed by atoms with Crippen LogP contribution in [0.1, 0.15) is 22.7 Å². The first-order valence-electron chi connectivity index (χ1n) is 10.6. The Morgan fingerprint density at radius 2 is 1.50 bits per heavy atom. The number of aryl methyl sites for hydroxylation is 1. The lowest BCUT2D eigenvalue weighted by Crippen LogP contribution is -3.15. The van der Waals surface area contributed by atoms with Gasteiger partial charge in [0, 0.05) is 11.1 Å². The van der Waals surface area contributed by atoms with Crippen molar-refractivity contribution < 1.29 is 14.4 Å². The Hall–Kier alpha value is -3.11. The van der Waals surface area contributed by atoms with Crippen molar-refractivity contribution in [2.75, 3.05) is 32.8 Å². The molecule has 4 nitrogen and oxygen atoms in total. The number of benzene rings is 3. The number of ether oxygens (including phenoxy) is 1. The molecule has 1 heterocycles.